The van der Waals surface area contributed by atoms with E-state index in [0.29, 0.717) is 10.7 Å². The van der Waals surface area contributed by atoms with Gasteiger partial charge in [0.05, 0.1) is 10.7 Å². The molecule has 0 aliphatic carbocycles. The van der Waals surface area contributed by atoms with Gasteiger partial charge in [0, 0.05) is 8.95 Å². The Balaban J connectivity index is 3.34. The van der Waals surface area contributed by atoms with E-state index in [1.165, 1.54) is 0 Å². The van der Waals surface area contributed by atoms with Crippen LogP contribution in [0.1, 0.15) is 5.56 Å². The van der Waals surface area contributed by atoms with Gasteiger partial charge < -0.3 is 17.2 Å². The minimum atomic E-state index is -0.150. The predicted molar refractivity (Wildman–Crippen MR) is 78.7 cm³/mol. The van der Waals surface area contributed by atoms with E-state index in [1.54, 1.807) is 6.07 Å². The van der Waals surface area contributed by atoms with E-state index in [0.717, 1.165) is 14.5 Å². The number of nitrogens with two attached hydrogens (primary N) is 3. The van der Waals surface area contributed by atoms with Gasteiger partial charge in [0.2, 0.25) is 5.96 Å². The highest BCUT2D eigenvalue weighted by atomic mass is 79.9. The molecule has 0 unspecified atom stereocenters. The van der Waals surface area contributed by atoms with E-state index >= 15 is 0 Å². The highest BCUT2D eigenvalue weighted by molar-refractivity contribution is 9.11. The lowest BCUT2D eigenvalue weighted by Gasteiger charge is -2.08. The van der Waals surface area contributed by atoms with Crippen molar-refractivity contribution in [1.29, 1.82) is 0 Å². The molecule has 92 valence electrons. The van der Waals surface area contributed by atoms with Gasteiger partial charge in [-0.1, -0.05) is 11.6 Å². The third-order valence-electron chi connectivity index (χ3n) is 1.84. The van der Waals surface area contributed by atoms with Crippen molar-refractivity contribution in [2.24, 2.45) is 27.2 Å². The monoisotopic (exact) mass is 381 g/mol. The van der Waals surface area contributed by atoms with Crippen molar-refractivity contribution in [3.63, 3.8) is 0 Å². The number of hydrogen-bond acceptors (Lipinski definition) is 1. The lowest BCUT2D eigenvalue weighted by Crippen LogP contribution is -2.26. The zero-order valence-corrected chi connectivity index (χ0v) is 12.8. The van der Waals surface area contributed by atoms with Crippen molar-refractivity contribution in [2.75, 3.05) is 0 Å². The molecule has 0 radical (unpaired) electrons. The smallest absolute Gasteiger partial charge is 0.223 e. The topological polar surface area (TPSA) is 103 Å². The fourth-order valence-corrected chi connectivity index (χ4v) is 2.71. The number of aliphatic imine (C=N–C) groups is 2. The normalized spacial score (nSPS) is 11.4. The third kappa shape index (κ3) is 3.58. The minimum absolute atomic E-state index is 0.0350. The fraction of sp³-hybridized carbons (Fsp3) is 0.111. The van der Waals surface area contributed by atoms with Crippen molar-refractivity contribution in [2.45, 2.75) is 6.92 Å². The fourth-order valence-electron chi connectivity index (χ4n) is 1.11. The average Bonchev–Trinajstić information content (AvgIpc) is 2.20. The molecule has 1 aromatic carbocycles. The van der Waals surface area contributed by atoms with Crippen LogP contribution >= 0.6 is 43.5 Å². The molecule has 0 aromatic heterocycles. The second kappa shape index (κ2) is 5.70. The lowest BCUT2D eigenvalue weighted by atomic mass is 10.2. The maximum Gasteiger partial charge on any atom is 0.223 e. The Hall–Kier alpha value is -0.790. The van der Waals surface area contributed by atoms with E-state index in [1.807, 2.05) is 6.92 Å². The Labute approximate surface area is 120 Å². The SMILES string of the molecule is Cc1c(Cl)c(Br)cc(Br)c1N=C(N)N=C(N)N. The number of guanidine groups is 2. The van der Waals surface area contributed by atoms with Gasteiger partial charge in [-0.05, 0) is 50.4 Å². The zero-order chi connectivity index (χ0) is 13.2. The standard InChI is InChI=1S/C9H10Br2ClN5/c1-3-6(12)4(10)2-5(11)7(3)16-9(15)17-8(13)14/h2H,1H3,(H6,13,14,15,16,17). The quantitative estimate of drug-likeness (QED) is 0.394. The predicted octanol–water partition coefficient (Wildman–Crippen LogP) is 2.39. The molecule has 0 aliphatic heterocycles. The molecule has 5 nitrogen and oxygen atoms in total. The summed E-state index contributed by atoms with van der Waals surface area (Å²) in [5, 5.41) is 0.560. The van der Waals surface area contributed by atoms with Crippen molar-refractivity contribution in [3.05, 3.63) is 25.6 Å². The van der Waals surface area contributed by atoms with Gasteiger partial charge in [0.25, 0.3) is 0 Å². The maximum absolute atomic E-state index is 6.08. The van der Waals surface area contributed by atoms with Crippen molar-refractivity contribution in [3.8, 4) is 0 Å². The summed E-state index contributed by atoms with van der Waals surface area (Å²) < 4.78 is 1.50. The first-order valence-corrected chi connectivity index (χ1v) is 6.37. The number of hydrogen-bond donors (Lipinski definition) is 3. The van der Waals surface area contributed by atoms with E-state index in [-0.39, 0.29) is 11.9 Å². The van der Waals surface area contributed by atoms with Crippen LogP contribution < -0.4 is 17.2 Å². The molecule has 0 atom stereocenters. The summed E-state index contributed by atoms with van der Waals surface area (Å²) in [4.78, 5) is 7.73. The minimum Gasteiger partial charge on any atom is -0.370 e. The number of halogens is 3. The number of nitrogens with zero attached hydrogens (tertiary/aromatic N) is 2. The summed E-state index contributed by atoms with van der Waals surface area (Å²) >= 11 is 12.8. The molecule has 0 amide bonds. The molecule has 1 aromatic rings. The van der Waals surface area contributed by atoms with Crippen molar-refractivity contribution in [1.82, 2.24) is 0 Å². The zero-order valence-electron chi connectivity index (χ0n) is 8.84. The Morgan fingerprint density at radius 1 is 1.24 bits per heavy atom. The third-order valence-corrected chi connectivity index (χ3v) is 3.79. The van der Waals surface area contributed by atoms with Crippen molar-refractivity contribution >= 4 is 61.1 Å². The Bertz CT molecular complexity index is 509. The molecular weight excluding hydrogens is 373 g/mol. The molecule has 0 spiro atoms. The van der Waals surface area contributed by atoms with Crippen LogP contribution in [0.25, 0.3) is 0 Å². The Kier molecular flexibility index (Phi) is 4.79. The molecule has 0 heterocycles. The van der Waals surface area contributed by atoms with Gasteiger partial charge in [-0.3, -0.25) is 0 Å². The van der Waals surface area contributed by atoms with Crippen LogP contribution in [0.3, 0.4) is 0 Å². The van der Waals surface area contributed by atoms with Gasteiger partial charge >= 0.3 is 0 Å². The summed E-state index contributed by atoms with van der Waals surface area (Å²) in [6.07, 6.45) is 0. The van der Waals surface area contributed by atoms with Gasteiger partial charge in [-0.2, -0.15) is 4.99 Å². The van der Waals surface area contributed by atoms with Gasteiger partial charge in [0.1, 0.15) is 0 Å². The second-order valence-electron chi connectivity index (χ2n) is 3.13. The van der Waals surface area contributed by atoms with Crippen LogP contribution in [0.15, 0.2) is 25.0 Å². The van der Waals surface area contributed by atoms with E-state index in [2.05, 4.69) is 41.8 Å². The van der Waals surface area contributed by atoms with Crippen LogP contribution in [0, 0.1) is 6.92 Å². The van der Waals surface area contributed by atoms with Crippen molar-refractivity contribution < 1.29 is 0 Å². The van der Waals surface area contributed by atoms with E-state index < -0.39 is 0 Å². The molecule has 0 aliphatic rings. The van der Waals surface area contributed by atoms with Gasteiger partial charge in [-0.25, -0.2) is 4.99 Å². The molecule has 0 saturated carbocycles. The number of rotatable bonds is 1. The Morgan fingerprint density at radius 3 is 2.35 bits per heavy atom. The van der Waals surface area contributed by atoms with Crippen LogP contribution in [-0.2, 0) is 0 Å². The molecule has 1 rings (SSSR count). The van der Waals surface area contributed by atoms with Crippen LogP contribution in [0.2, 0.25) is 5.02 Å². The first-order chi connectivity index (χ1) is 7.82. The first kappa shape index (κ1) is 14.3. The summed E-state index contributed by atoms with van der Waals surface area (Å²) in [6.45, 7) is 1.82. The molecule has 6 N–H and O–H groups in total. The molecule has 8 heteroatoms. The average molecular weight is 383 g/mol. The Morgan fingerprint density at radius 2 is 1.82 bits per heavy atom. The molecule has 17 heavy (non-hydrogen) atoms. The van der Waals surface area contributed by atoms with E-state index in [9.17, 15) is 0 Å². The summed E-state index contributed by atoms with van der Waals surface area (Å²) in [6, 6.07) is 1.77. The highest BCUT2D eigenvalue weighted by Gasteiger charge is 2.11. The molecule has 0 fully saturated rings. The van der Waals surface area contributed by atoms with Crippen LogP contribution in [0.5, 0.6) is 0 Å². The molecule has 0 saturated heterocycles. The highest BCUT2D eigenvalue weighted by Crippen LogP contribution is 2.38. The maximum atomic E-state index is 6.08. The van der Waals surface area contributed by atoms with Gasteiger partial charge in [0.15, 0.2) is 5.96 Å². The lowest BCUT2D eigenvalue weighted by molar-refractivity contribution is 1.32. The second-order valence-corrected chi connectivity index (χ2v) is 5.22. The first-order valence-electron chi connectivity index (χ1n) is 4.40. The number of benzene rings is 1. The summed E-state index contributed by atoms with van der Waals surface area (Å²) in [7, 11) is 0. The van der Waals surface area contributed by atoms with E-state index in [4.69, 9.17) is 28.8 Å². The molecule has 0 bridgehead atoms. The largest absolute Gasteiger partial charge is 0.370 e. The van der Waals surface area contributed by atoms with Gasteiger partial charge in [-0.15, -0.1) is 0 Å². The molecular formula is C9H10Br2ClN5. The summed E-state index contributed by atoms with van der Waals surface area (Å²) in [5.74, 6) is -0.185. The van der Waals surface area contributed by atoms with Crippen LogP contribution in [0.4, 0.5) is 5.69 Å². The van der Waals surface area contributed by atoms with Crippen LogP contribution in [-0.4, -0.2) is 11.9 Å². The summed E-state index contributed by atoms with van der Waals surface area (Å²) in [5.41, 5.74) is 17.3.